The molecule has 1 aromatic carbocycles. The van der Waals surface area contributed by atoms with Crippen LogP contribution in [0.4, 0.5) is 5.69 Å². The summed E-state index contributed by atoms with van der Waals surface area (Å²) in [4.78, 5) is 14.6. The summed E-state index contributed by atoms with van der Waals surface area (Å²) in [5.74, 6) is 0.526. The summed E-state index contributed by atoms with van der Waals surface area (Å²) >= 11 is 7.07. The quantitative estimate of drug-likeness (QED) is 0.864. The number of para-hydroxylation sites is 1. The Morgan fingerprint density at radius 3 is 2.71 bits per heavy atom. The number of hydrogen-bond donors (Lipinski definition) is 1. The molecule has 1 saturated heterocycles. The number of thiocarbonyl (C=S) groups is 1. The number of anilines is 1. The summed E-state index contributed by atoms with van der Waals surface area (Å²) in [5, 5.41) is 6.00. The minimum atomic E-state index is -0.107. The molecule has 1 amide bonds. The highest BCUT2D eigenvalue weighted by Crippen LogP contribution is 2.41. The van der Waals surface area contributed by atoms with E-state index in [1.165, 1.54) is 5.57 Å². The zero-order chi connectivity index (χ0) is 15.0. The smallest absolute Gasteiger partial charge is 0.243 e. The van der Waals surface area contributed by atoms with Gasteiger partial charge in [-0.05, 0) is 47.7 Å². The van der Waals surface area contributed by atoms with Crippen LogP contribution in [0, 0.1) is 11.8 Å². The molecule has 3 nitrogen and oxygen atoms in total. The zero-order valence-electron chi connectivity index (χ0n) is 12.1. The van der Waals surface area contributed by atoms with E-state index in [9.17, 15) is 4.79 Å². The van der Waals surface area contributed by atoms with Gasteiger partial charge in [0, 0.05) is 0 Å². The van der Waals surface area contributed by atoms with Crippen LogP contribution in [0.1, 0.15) is 20.3 Å². The largest absolute Gasteiger partial charge is 0.349 e. The molecule has 2 unspecified atom stereocenters. The van der Waals surface area contributed by atoms with Crippen LogP contribution in [0.5, 0.6) is 0 Å². The molecule has 1 N–H and O–H groups in total. The lowest BCUT2D eigenvalue weighted by Gasteiger charge is -2.37. The standard InChI is InChI=1S/C16H18N2OS2/c1-10(2)8-11-9-21-14-13(11)15(19)18(16(20)17-14)12-6-4-3-5-7-12/h3-7,9-10,13-14H,8H2,1-2H3,(H,17,20). The van der Waals surface area contributed by atoms with E-state index in [1.54, 1.807) is 16.7 Å². The van der Waals surface area contributed by atoms with Crippen molar-refractivity contribution >= 4 is 40.7 Å². The van der Waals surface area contributed by atoms with E-state index in [4.69, 9.17) is 12.2 Å². The molecule has 0 saturated carbocycles. The third-order valence-electron chi connectivity index (χ3n) is 3.68. The molecule has 110 valence electrons. The molecule has 2 heterocycles. The second-order valence-electron chi connectivity index (χ2n) is 5.78. The number of nitrogens with zero attached hydrogens (tertiary/aromatic N) is 1. The molecule has 3 rings (SSSR count). The lowest BCUT2D eigenvalue weighted by Crippen LogP contribution is -2.58. The summed E-state index contributed by atoms with van der Waals surface area (Å²) < 4.78 is 0. The molecule has 0 aliphatic carbocycles. The second-order valence-corrected chi connectivity index (χ2v) is 7.19. The molecule has 2 aliphatic heterocycles. The maximum atomic E-state index is 13.0. The van der Waals surface area contributed by atoms with E-state index < -0.39 is 0 Å². The maximum absolute atomic E-state index is 13.0. The molecule has 5 heteroatoms. The van der Waals surface area contributed by atoms with Crippen molar-refractivity contribution in [2.75, 3.05) is 4.90 Å². The van der Waals surface area contributed by atoms with Gasteiger partial charge in [-0.15, -0.1) is 11.8 Å². The molecule has 2 atom stereocenters. The van der Waals surface area contributed by atoms with Gasteiger partial charge < -0.3 is 5.32 Å². The van der Waals surface area contributed by atoms with Crippen LogP contribution >= 0.6 is 24.0 Å². The highest BCUT2D eigenvalue weighted by atomic mass is 32.2. The molecular weight excluding hydrogens is 300 g/mol. The Bertz CT molecular complexity index is 598. The predicted octanol–water partition coefficient (Wildman–Crippen LogP) is 3.53. The second kappa shape index (κ2) is 5.81. The van der Waals surface area contributed by atoms with E-state index in [0.717, 1.165) is 12.1 Å². The van der Waals surface area contributed by atoms with Crippen LogP contribution in [0.15, 0.2) is 41.3 Å². The summed E-state index contributed by atoms with van der Waals surface area (Å²) in [7, 11) is 0. The van der Waals surface area contributed by atoms with Crippen molar-refractivity contribution in [3.8, 4) is 0 Å². The van der Waals surface area contributed by atoms with Gasteiger partial charge in [-0.1, -0.05) is 32.0 Å². The van der Waals surface area contributed by atoms with Crippen LogP contribution in [0.2, 0.25) is 0 Å². The van der Waals surface area contributed by atoms with Crippen LogP contribution < -0.4 is 10.2 Å². The van der Waals surface area contributed by atoms with E-state index in [-0.39, 0.29) is 17.2 Å². The van der Waals surface area contributed by atoms with Crippen LogP contribution in [0.25, 0.3) is 0 Å². The SMILES string of the molecule is CC(C)CC1=CSC2NC(=S)N(c3ccccc3)C(=O)C12. The molecule has 1 aromatic rings. The minimum Gasteiger partial charge on any atom is -0.349 e. The fraction of sp³-hybridized carbons (Fsp3) is 0.375. The number of thioether (sulfide) groups is 1. The van der Waals surface area contributed by atoms with Crippen molar-refractivity contribution in [2.45, 2.75) is 25.6 Å². The first kappa shape index (κ1) is 14.6. The van der Waals surface area contributed by atoms with E-state index in [2.05, 4.69) is 24.6 Å². The van der Waals surface area contributed by atoms with Gasteiger partial charge >= 0.3 is 0 Å². The predicted molar refractivity (Wildman–Crippen MR) is 92.1 cm³/mol. The molecule has 1 fully saturated rings. The Hall–Kier alpha value is -1.33. The highest BCUT2D eigenvalue weighted by molar-refractivity contribution is 8.03. The van der Waals surface area contributed by atoms with E-state index in [0.29, 0.717) is 11.0 Å². The summed E-state index contributed by atoms with van der Waals surface area (Å²) in [6.45, 7) is 4.36. The molecule has 2 aliphatic rings. The normalized spacial score (nSPS) is 24.9. The summed E-state index contributed by atoms with van der Waals surface area (Å²) in [5.41, 5.74) is 2.06. The van der Waals surface area contributed by atoms with E-state index in [1.807, 2.05) is 30.3 Å². The number of rotatable bonds is 3. The third-order valence-corrected chi connectivity index (χ3v) is 5.10. The Morgan fingerprint density at radius 1 is 1.33 bits per heavy atom. The van der Waals surface area contributed by atoms with Crippen molar-refractivity contribution in [1.29, 1.82) is 0 Å². The fourth-order valence-electron chi connectivity index (χ4n) is 2.81. The maximum Gasteiger partial charge on any atom is 0.243 e. The molecule has 0 spiro atoms. The van der Waals surface area contributed by atoms with Gasteiger partial charge in [0.1, 0.15) is 0 Å². The molecular formula is C16H18N2OS2. The number of benzene rings is 1. The van der Waals surface area contributed by atoms with Crippen molar-refractivity contribution in [1.82, 2.24) is 5.32 Å². The Labute approximate surface area is 134 Å². The fourth-order valence-corrected chi connectivity index (χ4v) is 4.40. The first-order valence-corrected chi connectivity index (χ1v) is 8.47. The van der Waals surface area contributed by atoms with Crippen molar-refractivity contribution < 1.29 is 4.79 Å². The number of hydrogen-bond acceptors (Lipinski definition) is 3. The number of carbonyl (C=O) groups is 1. The number of amides is 1. The van der Waals surface area contributed by atoms with E-state index >= 15 is 0 Å². The average Bonchev–Trinajstić information content (AvgIpc) is 2.82. The van der Waals surface area contributed by atoms with Gasteiger partial charge in [-0.25, -0.2) is 0 Å². The number of fused-ring (bicyclic) bond motifs is 1. The van der Waals surface area contributed by atoms with Gasteiger partial charge in [0.15, 0.2) is 5.11 Å². The molecule has 0 aromatic heterocycles. The van der Waals surface area contributed by atoms with Crippen molar-refractivity contribution in [2.24, 2.45) is 11.8 Å². The molecule has 0 radical (unpaired) electrons. The summed E-state index contributed by atoms with van der Waals surface area (Å²) in [6, 6.07) is 9.62. The molecule has 0 bridgehead atoms. The zero-order valence-corrected chi connectivity index (χ0v) is 13.7. The number of nitrogens with one attached hydrogen (secondary N) is 1. The highest BCUT2D eigenvalue weighted by Gasteiger charge is 2.44. The van der Waals surface area contributed by atoms with Crippen molar-refractivity contribution in [3.63, 3.8) is 0 Å². The van der Waals surface area contributed by atoms with Crippen LogP contribution in [-0.2, 0) is 4.79 Å². The summed E-state index contributed by atoms with van der Waals surface area (Å²) in [6.07, 6.45) is 0.955. The Kier molecular flexibility index (Phi) is 4.04. The average molecular weight is 318 g/mol. The topological polar surface area (TPSA) is 32.3 Å². The van der Waals surface area contributed by atoms with Crippen LogP contribution in [0.3, 0.4) is 0 Å². The lowest BCUT2D eigenvalue weighted by atomic mass is 9.90. The van der Waals surface area contributed by atoms with Crippen LogP contribution in [-0.4, -0.2) is 16.4 Å². The first-order chi connectivity index (χ1) is 10.1. The van der Waals surface area contributed by atoms with Gasteiger partial charge in [-0.2, -0.15) is 0 Å². The van der Waals surface area contributed by atoms with Gasteiger partial charge in [0.05, 0.1) is 17.0 Å². The Morgan fingerprint density at radius 2 is 2.05 bits per heavy atom. The number of carbonyl (C=O) groups excluding carboxylic acids is 1. The lowest BCUT2D eigenvalue weighted by molar-refractivity contribution is -0.121. The van der Waals surface area contributed by atoms with Gasteiger partial charge in [-0.3, -0.25) is 9.69 Å². The third kappa shape index (κ3) is 2.72. The van der Waals surface area contributed by atoms with Gasteiger partial charge in [0.2, 0.25) is 5.91 Å². The molecule has 21 heavy (non-hydrogen) atoms. The van der Waals surface area contributed by atoms with Crippen molar-refractivity contribution in [3.05, 3.63) is 41.3 Å². The Balaban J connectivity index is 1.90. The first-order valence-electron chi connectivity index (χ1n) is 7.12. The monoisotopic (exact) mass is 318 g/mol. The van der Waals surface area contributed by atoms with Gasteiger partial charge in [0.25, 0.3) is 0 Å². The minimum absolute atomic E-state index is 0.0544.